The molecule has 2 heterocycles. The van der Waals surface area contributed by atoms with Gasteiger partial charge in [-0.3, -0.25) is 19.7 Å². The third-order valence-corrected chi connectivity index (χ3v) is 4.21. The van der Waals surface area contributed by atoms with Crippen LogP contribution in [-0.2, 0) is 14.4 Å². The molecular formula is C13H19N3O5. The summed E-state index contributed by atoms with van der Waals surface area (Å²) >= 11 is 0. The van der Waals surface area contributed by atoms with Crippen molar-refractivity contribution in [1.82, 2.24) is 15.5 Å². The fourth-order valence-electron chi connectivity index (χ4n) is 2.57. The van der Waals surface area contributed by atoms with Crippen LogP contribution in [0.3, 0.4) is 0 Å². The molecule has 0 radical (unpaired) electrons. The lowest BCUT2D eigenvalue weighted by Crippen LogP contribution is -2.53. The highest BCUT2D eigenvalue weighted by Gasteiger charge is 2.39. The zero-order chi connectivity index (χ0) is 15.6. The molecule has 0 unspecified atom stereocenters. The van der Waals surface area contributed by atoms with E-state index in [1.165, 1.54) is 0 Å². The number of amides is 4. The average molecular weight is 297 g/mol. The Bertz CT molecular complexity index is 482. The van der Waals surface area contributed by atoms with Crippen molar-refractivity contribution in [2.75, 3.05) is 13.1 Å². The summed E-state index contributed by atoms with van der Waals surface area (Å²) in [5.74, 6) is -1.51. The van der Waals surface area contributed by atoms with E-state index in [-0.39, 0.29) is 18.7 Å². The highest BCUT2D eigenvalue weighted by atomic mass is 16.4. The zero-order valence-electron chi connectivity index (χ0n) is 11.8. The van der Waals surface area contributed by atoms with E-state index in [0.717, 1.165) is 0 Å². The molecule has 2 fully saturated rings. The van der Waals surface area contributed by atoms with Crippen LogP contribution in [0.1, 0.15) is 32.6 Å². The van der Waals surface area contributed by atoms with Crippen LogP contribution in [0, 0.1) is 5.41 Å². The van der Waals surface area contributed by atoms with Gasteiger partial charge < -0.3 is 15.3 Å². The number of nitrogens with one attached hydrogen (secondary N) is 2. The highest BCUT2D eigenvalue weighted by Crippen LogP contribution is 2.31. The Morgan fingerprint density at radius 2 is 1.90 bits per heavy atom. The number of carbonyl (C=O) groups is 4. The second kappa shape index (κ2) is 5.71. The lowest BCUT2D eigenvalue weighted by atomic mass is 9.80. The largest absolute Gasteiger partial charge is 0.481 e. The predicted octanol–water partition coefficient (Wildman–Crippen LogP) is -0.312. The van der Waals surface area contributed by atoms with Crippen molar-refractivity contribution in [2.24, 2.45) is 5.41 Å². The van der Waals surface area contributed by atoms with Crippen molar-refractivity contribution in [1.29, 1.82) is 0 Å². The Balaban J connectivity index is 1.97. The van der Waals surface area contributed by atoms with Crippen molar-refractivity contribution in [2.45, 2.75) is 38.6 Å². The number of nitrogens with zero attached hydrogens (tertiary/aromatic N) is 1. The topological polar surface area (TPSA) is 116 Å². The summed E-state index contributed by atoms with van der Waals surface area (Å²) in [6.45, 7) is 2.36. The van der Waals surface area contributed by atoms with Crippen LogP contribution in [0.5, 0.6) is 0 Å². The molecule has 0 bridgehead atoms. The first-order valence-corrected chi connectivity index (χ1v) is 6.94. The second-order valence-corrected chi connectivity index (χ2v) is 5.80. The van der Waals surface area contributed by atoms with Crippen LogP contribution in [0.2, 0.25) is 0 Å². The van der Waals surface area contributed by atoms with Gasteiger partial charge in [-0.15, -0.1) is 0 Å². The predicted molar refractivity (Wildman–Crippen MR) is 71.3 cm³/mol. The smallest absolute Gasteiger partial charge is 0.322 e. The maximum Gasteiger partial charge on any atom is 0.322 e. The molecule has 8 nitrogen and oxygen atoms in total. The molecule has 0 aliphatic carbocycles. The van der Waals surface area contributed by atoms with E-state index < -0.39 is 29.4 Å². The van der Waals surface area contributed by atoms with Gasteiger partial charge in [-0.05, 0) is 26.2 Å². The lowest BCUT2D eigenvalue weighted by molar-refractivity contribution is -0.153. The molecular weight excluding hydrogens is 278 g/mol. The van der Waals surface area contributed by atoms with Gasteiger partial charge in [-0.1, -0.05) is 0 Å². The molecule has 1 atom stereocenters. The molecule has 116 valence electrons. The molecule has 0 aromatic heterocycles. The summed E-state index contributed by atoms with van der Waals surface area (Å²) < 4.78 is 0. The van der Waals surface area contributed by atoms with Crippen LogP contribution in [0.15, 0.2) is 0 Å². The zero-order valence-corrected chi connectivity index (χ0v) is 11.8. The van der Waals surface area contributed by atoms with Crippen molar-refractivity contribution in [3.8, 4) is 0 Å². The average Bonchev–Trinajstić information content (AvgIpc) is 2.59. The number of imide groups is 1. The SMILES string of the molecule is CC1(C(=O)O)CCN(C(=O)[C@H]2CCC(=O)NC(=O)N2)CC1. The molecule has 4 amide bonds. The summed E-state index contributed by atoms with van der Waals surface area (Å²) in [7, 11) is 0. The van der Waals surface area contributed by atoms with E-state index in [9.17, 15) is 19.2 Å². The molecule has 2 saturated heterocycles. The van der Waals surface area contributed by atoms with Gasteiger partial charge in [-0.25, -0.2) is 4.79 Å². The highest BCUT2D eigenvalue weighted by molar-refractivity contribution is 5.98. The van der Waals surface area contributed by atoms with Crippen LogP contribution >= 0.6 is 0 Å². The van der Waals surface area contributed by atoms with Gasteiger partial charge in [0.1, 0.15) is 6.04 Å². The number of likely N-dealkylation sites (tertiary alicyclic amines) is 1. The Morgan fingerprint density at radius 3 is 2.48 bits per heavy atom. The van der Waals surface area contributed by atoms with Crippen LogP contribution in [-0.4, -0.2) is 53.0 Å². The van der Waals surface area contributed by atoms with Gasteiger partial charge in [0.25, 0.3) is 0 Å². The lowest BCUT2D eigenvalue weighted by Gasteiger charge is -2.37. The van der Waals surface area contributed by atoms with Crippen LogP contribution in [0.4, 0.5) is 4.79 Å². The number of carboxylic acid groups (broad SMARTS) is 1. The second-order valence-electron chi connectivity index (χ2n) is 5.80. The third-order valence-electron chi connectivity index (χ3n) is 4.21. The molecule has 2 rings (SSSR count). The Kier molecular flexibility index (Phi) is 4.15. The molecule has 21 heavy (non-hydrogen) atoms. The van der Waals surface area contributed by atoms with Gasteiger partial charge in [0.2, 0.25) is 11.8 Å². The molecule has 2 aliphatic rings. The maximum absolute atomic E-state index is 12.4. The third kappa shape index (κ3) is 3.32. The number of hydrogen-bond donors (Lipinski definition) is 3. The van der Waals surface area contributed by atoms with Gasteiger partial charge in [-0.2, -0.15) is 0 Å². The monoisotopic (exact) mass is 297 g/mol. The molecule has 0 aromatic rings. The summed E-state index contributed by atoms with van der Waals surface area (Å²) in [4.78, 5) is 47.7. The quantitative estimate of drug-likeness (QED) is 0.646. The number of urea groups is 1. The first-order valence-electron chi connectivity index (χ1n) is 6.94. The van der Waals surface area contributed by atoms with Gasteiger partial charge in [0.15, 0.2) is 0 Å². The molecule has 8 heteroatoms. The minimum absolute atomic E-state index is 0.107. The fourth-order valence-corrected chi connectivity index (χ4v) is 2.57. The molecule has 2 aliphatic heterocycles. The molecule has 0 saturated carbocycles. The van der Waals surface area contributed by atoms with Gasteiger partial charge in [0.05, 0.1) is 5.41 Å². The van der Waals surface area contributed by atoms with Crippen molar-refractivity contribution < 1.29 is 24.3 Å². The number of piperidine rings is 1. The fraction of sp³-hybridized carbons (Fsp3) is 0.692. The van der Waals surface area contributed by atoms with Crippen molar-refractivity contribution in [3.05, 3.63) is 0 Å². The van der Waals surface area contributed by atoms with Crippen molar-refractivity contribution >= 4 is 23.8 Å². The number of hydrogen-bond acceptors (Lipinski definition) is 4. The van der Waals surface area contributed by atoms with Gasteiger partial charge >= 0.3 is 12.0 Å². The summed E-state index contributed by atoms with van der Waals surface area (Å²) in [5, 5.41) is 13.8. The first-order chi connectivity index (χ1) is 9.82. The summed E-state index contributed by atoms with van der Waals surface area (Å²) in [5.41, 5.74) is -0.805. The standard InChI is InChI=1S/C13H19N3O5/c1-13(11(19)20)4-6-16(7-5-13)10(18)8-2-3-9(17)15-12(21)14-8/h8H,2-7H2,1H3,(H,19,20)(H2,14,15,17,21)/t8-/m1/s1. The number of carbonyl (C=O) groups excluding carboxylic acids is 3. The molecule has 0 spiro atoms. The van der Waals surface area contributed by atoms with E-state index in [4.69, 9.17) is 5.11 Å². The van der Waals surface area contributed by atoms with Gasteiger partial charge in [0, 0.05) is 19.5 Å². The Labute approximate surface area is 121 Å². The molecule has 3 N–H and O–H groups in total. The molecule has 0 aromatic carbocycles. The van der Waals surface area contributed by atoms with E-state index in [2.05, 4.69) is 10.6 Å². The minimum atomic E-state index is -0.854. The minimum Gasteiger partial charge on any atom is -0.481 e. The number of carboxylic acids is 1. The van der Waals surface area contributed by atoms with Crippen LogP contribution < -0.4 is 10.6 Å². The van der Waals surface area contributed by atoms with Crippen molar-refractivity contribution in [3.63, 3.8) is 0 Å². The van der Waals surface area contributed by atoms with E-state index in [1.54, 1.807) is 11.8 Å². The Hall–Kier alpha value is -2.12. The summed E-state index contributed by atoms with van der Waals surface area (Å²) in [6.07, 6.45) is 1.12. The number of aliphatic carboxylic acids is 1. The van der Waals surface area contributed by atoms with E-state index in [0.29, 0.717) is 25.9 Å². The maximum atomic E-state index is 12.4. The van der Waals surface area contributed by atoms with E-state index in [1.807, 2.05) is 0 Å². The van der Waals surface area contributed by atoms with E-state index >= 15 is 0 Å². The van der Waals surface area contributed by atoms with Crippen LogP contribution in [0.25, 0.3) is 0 Å². The summed E-state index contributed by atoms with van der Waals surface area (Å²) in [6, 6.07) is -1.39. The number of rotatable bonds is 2. The normalized spacial score (nSPS) is 25.6. The Morgan fingerprint density at radius 1 is 1.29 bits per heavy atom. The first kappa shape index (κ1) is 15.3.